The van der Waals surface area contributed by atoms with E-state index < -0.39 is 0 Å². The van der Waals surface area contributed by atoms with Crippen LogP contribution in [0, 0.1) is 0 Å². The van der Waals surface area contributed by atoms with Crippen LogP contribution in [0.25, 0.3) is 6.08 Å². The van der Waals surface area contributed by atoms with Crippen molar-refractivity contribution in [2.75, 3.05) is 0 Å². The molecule has 3 nitrogen and oxygen atoms in total. The summed E-state index contributed by atoms with van der Waals surface area (Å²) in [7, 11) is 0. The SMILES string of the molecule is O=C1NC(=S)S/C1=C\c1cccc(OC2=CC=CCC2)c1. The Bertz CT molecular complexity index is 689. The van der Waals surface area contributed by atoms with E-state index in [2.05, 4.69) is 11.4 Å². The van der Waals surface area contributed by atoms with Crippen LogP contribution in [0.1, 0.15) is 18.4 Å². The summed E-state index contributed by atoms with van der Waals surface area (Å²) in [5.74, 6) is 1.59. The van der Waals surface area contributed by atoms with Crippen LogP contribution in [-0.2, 0) is 4.79 Å². The molecule has 2 aliphatic rings. The van der Waals surface area contributed by atoms with Gasteiger partial charge in [0.2, 0.25) is 0 Å². The van der Waals surface area contributed by atoms with E-state index in [4.69, 9.17) is 17.0 Å². The van der Waals surface area contributed by atoms with E-state index in [9.17, 15) is 4.79 Å². The van der Waals surface area contributed by atoms with Crippen LogP contribution in [-0.4, -0.2) is 10.2 Å². The molecule has 3 rings (SSSR count). The number of carbonyl (C=O) groups is 1. The van der Waals surface area contributed by atoms with E-state index in [1.54, 1.807) is 0 Å². The molecule has 0 atom stereocenters. The molecule has 0 spiro atoms. The summed E-state index contributed by atoms with van der Waals surface area (Å²) in [5, 5.41) is 2.61. The molecular formula is C16H13NO2S2. The lowest BCUT2D eigenvalue weighted by molar-refractivity contribution is -0.115. The molecule has 1 aliphatic carbocycles. The number of ether oxygens (including phenoxy) is 1. The number of thioether (sulfide) groups is 1. The molecule has 106 valence electrons. The first kappa shape index (κ1) is 14.1. The summed E-state index contributed by atoms with van der Waals surface area (Å²) in [6.07, 6.45) is 9.84. The number of carbonyl (C=O) groups excluding carboxylic acids is 1. The first-order valence-electron chi connectivity index (χ1n) is 6.59. The minimum absolute atomic E-state index is 0.142. The molecule has 0 saturated carbocycles. The fourth-order valence-corrected chi connectivity index (χ4v) is 3.10. The second kappa shape index (κ2) is 6.28. The van der Waals surface area contributed by atoms with Gasteiger partial charge in [-0.2, -0.15) is 0 Å². The van der Waals surface area contributed by atoms with Crippen molar-refractivity contribution in [3.63, 3.8) is 0 Å². The standard InChI is InChI=1S/C16H13NO2S2/c18-15-14(21-16(20)17-15)10-11-5-4-8-13(9-11)19-12-6-2-1-3-7-12/h1-2,4-6,8-10H,3,7H2,(H,17,18,20)/b14-10-. The molecular weight excluding hydrogens is 302 g/mol. The van der Waals surface area contributed by atoms with Gasteiger partial charge in [-0.1, -0.05) is 48.3 Å². The Labute approximate surface area is 132 Å². The highest BCUT2D eigenvalue weighted by molar-refractivity contribution is 8.26. The van der Waals surface area contributed by atoms with E-state index in [1.165, 1.54) is 11.8 Å². The maximum Gasteiger partial charge on any atom is 0.263 e. The lowest BCUT2D eigenvalue weighted by atomic mass is 10.1. The Morgan fingerprint density at radius 3 is 3.00 bits per heavy atom. The fraction of sp³-hybridized carbons (Fsp3) is 0.125. The molecule has 1 saturated heterocycles. The summed E-state index contributed by atoms with van der Waals surface area (Å²) >= 11 is 6.26. The number of benzene rings is 1. The molecule has 0 aromatic heterocycles. The Balaban J connectivity index is 1.78. The maximum atomic E-state index is 11.7. The highest BCUT2D eigenvalue weighted by Crippen LogP contribution is 2.27. The van der Waals surface area contributed by atoms with Crippen molar-refractivity contribution in [3.05, 3.63) is 58.7 Å². The second-order valence-corrected chi connectivity index (χ2v) is 6.35. The predicted molar refractivity (Wildman–Crippen MR) is 89.8 cm³/mol. The summed E-state index contributed by atoms with van der Waals surface area (Å²) in [4.78, 5) is 12.3. The van der Waals surface area contributed by atoms with Crippen LogP contribution in [0.15, 0.2) is 53.2 Å². The van der Waals surface area contributed by atoms with Crippen molar-refractivity contribution in [3.8, 4) is 5.75 Å². The van der Waals surface area contributed by atoms with Gasteiger partial charge < -0.3 is 10.1 Å². The van der Waals surface area contributed by atoms with Gasteiger partial charge in [0.05, 0.1) is 4.91 Å². The zero-order valence-corrected chi connectivity index (χ0v) is 12.8. The van der Waals surface area contributed by atoms with E-state index in [1.807, 2.05) is 42.5 Å². The predicted octanol–water partition coefficient (Wildman–Crippen LogP) is 3.79. The first-order chi connectivity index (χ1) is 10.2. The van der Waals surface area contributed by atoms with Gasteiger partial charge in [-0.25, -0.2) is 0 Å². The summed E-state index contributed by atoms with van der Waals surface area (Å²) in [5.41, 5.74) is 0.918. The molecule has 1 N–H and O–H groups in total. The number of hydrogen-bond donors (Lipinski definition) is 1. The fourth-order valence-electron chi connectivity index (χ4n) is 2.06. The van der Waals surface area contributed by atoms with Crippen LogP contribution in [0.4, 0.5) is 0 Å². The minimum Gasteiger partial charge on any atom is -0.462 e. The van der Waals surface area contributed by atoms with Gasteiger partial charge in [0.25, 0.3) is 5.91 Å². The largest absolute Gasteiger partial charge is 0.462 e. The number of amides is 1. The van der Waals surface area contributed by atoms with Gasteiger partial charge in [0.15, 0.2) is 0 Å². The number of nitrogens with one attached hydrogen (secondary N) is 1. The third kappa shape index (κ3) is 3.62. The van der Waals surface area contributed by atoms with Crippen molar-refractivity contribution >= 4 is 40.3 Å². The molecule has 1 amide bonds. The molecule has 0 unspecified atom stereocenters. The molecule has 21 heavy (non-hydrogen) atoms. The number of hydrogen-bond acceptors (Lipinski definition) is 4. The van der Waals surface area contributed by atoms with Crippen molar-refractivity contribution in [2.24, 2.45) is 0 Å². The Morgan fingerprint density at radius 1 is 1.38 bits per heavy atom. The van der Waals surface area contributed by atoms with Crippen LogP contribution in [0.5, 0.6) is 5.75 Å². The third-order valence-corrected chi connectivity index (χ3v) is 4.19. The average Bonchev–Trinajstić information content (AvgIpc) is 2.78. The van der Waals surface area contributed by atoms with E-state index in [0.717, 1.165) is 29.9 Å². The van der Waals surface area contributed by atoms with Crippen molar-refractivity contribution in [1.29, 1.82) is 0 Å². The van der Waals surface area contributed by atoms with E-state index >= 15 is 0 Å². The summed E-state index contributed by atoms with van der Waals surface area (Å²) in [6.45, 7) is 0. The quantitative estimate of drug-likeness (QED) is 0.680. The number of rotatable bonds is 3. The van der Waals surface area contributed by atoms with Gasteiger partial charge in [-0.3, -0.25) is 4.79 Å². The molecule has 0 radical (unpaired) electrons. The Hall–Kier alpha value is -1.85. The lowest BCUT2D eigenvalue weighted by Crippen LogP contribution is -2.17. The zero-order chi connectivity index (χ0) is 14.7. The molecule has 1 fully saturated rings. The maximum absolute atomic E-state index is 11.7. The van der Waals surface area contributed by atoms with E-state index in [0.29, 0.717) is 9.23 Å². The number of thiocarbonyl (C=S) groups is 1. The summed E-state index contributed by atoms with van der Waals surface area (Å²) in [6, 6.07) is 7.68. The first-order valence-corrected chi connectivity index (χ1v) is 7.82. The van der Waals surface area contributed by atoms with Gasteiger partial charge in [0.1, 0.15) is 15.8 Å². The molecule has 1 aromatic rings. The topological polar surface area (TPSA) is 38.3 Å². The molecule has 1 aliphatic heterocycles. The lowest BCUT2D eigenvalue weighted by Gasteiger charge is -2.11. The minimum atomic E-state index is -0.142. The van der Waals surface area contributed by atoms with Crippen molar-refractivity contribution in [2.45, 2.75) is 12.8 Å². The molecule has 5 heteroatoms. The highest BCUT2D eigenvalue weighted by atomic mass is 32.2. The highest BCUT2D eigenvalue weighted by Gasteiger charge is 2.21. The van der Waals surface area contributed by atoms with Crippen molar-refractivity contribution < 1.29 is 9.53 Å². The van der Waals surface area contributed by atoms with Crippen LogP contribution >= 0.6 is 24.0 Å². The van der Waals surface area contributed by atoms with Gasteiger partial charge in [-0.15, -0.1) is 0 Å². The molecule has 0 bridgehead atoms. The zero-order valence-electron chi connectivity index (χ0n) is 11.2. The third-order valence-electron chi connectivity index (χ3n) is 3.02. The molecule has 1 heterocycles. The van der Waals surface area contributed by atoms with Crippen LogP contribution in [0.2, 0.25) is 0 Å². The smallest absolute Gasteiger partial charge is 0.263 e. The van der Waals surface area contributed by atoms with Crippen LogP contribution in [0.3, 0.4) is 0 Å². The van der Waals surface area contributed by atoms with Gasteiger partial charge in [-0.05, 0) is 36.3 Å². The average molecular weight is 315 g/mol. The Morgan fingerprint density at radius 2 is 2.29 bits per heavy atom. The summed E-state index contributed by atoms with van der Waals surface area (Å²) < 4.78 is 6.35. The van der Waals surface area contributed by atoms with Crippen LogP contribution < -0.4 is 10.1 Å². The number of allylic oxidation sites excluding steroid dienone is 4. The van der Waals surface area contributed by atoms with Crippen molar-refractivity contribution in [1.82, 2.24) is 5.32 Å². The second-order valence-electron chi connectivity index (χ2n) is 4.63. The monoisotopic (exact) mass is 315 g/mol. The van der Waals surface area contributed by atoms with Gasteiger partial charge >= 0.3 is 0 Å². The van der Waals surface area contributed by atoms with E-state index in [-0.39, 0.29) is 5.91 Å². The normalized spacial score (nSPS) is 19.6. The molecule has 1 aromatic carbocycles. The Kier molecular flexibility index (Phi) is 4.22. The van der Waals surface area contributed by atoms with Gasteiger partial charge in [0, 0.05) is 6.42 Å².